The second-order valence-electron chi connectivity index (χ2n) is 7.13. The molecule has 0 aromatic carbocycles. The van der Waals surface area contributed by atoms with Gasteiger partial charge < -0.3 is 10.1 Å². The summed E-state index contributed by atoms with van der Waals surface area (Å²) < 4.78 is 6.35. The molecule has 0 aromatic heterocycles. The maximum atomic E-state index is 6.35. The Morgan fingerprint density at radius 2 is 2.00 bits per heavy atom. The maximum absolute atomic E-state index is 6.35. The summed E-state index contributed by atoms with van der Waals surface area (Å²) in [7, 11) is 0. The van der Waals surface area contributed by atoms with Crippen LogP contribution in [-0.2, 0) is 4.74 Å². The van der Waals surface area contributed by atoms with Crippen LogP contribution in [0.25, 0.3) is 0 Å². The Labute approximate surface area is 127 Å². The van der Waals surface area contributed by atoms with Crippen molar-refractivity contribution >= 4 is 0 Å². The molecule has 2 nitrogen and oxygen atoms in total. The quantitative estimate of drug-likeness (QED) is 0.658. The number of hydrogen-bond acceptors (Lipinski definition) is 2. The SMILES string of the molecule is CCNC(CCCC(C)C)C1(OCC)CCCC(C)C1. The molecule has 1 rings (SSSR count). The molecule has 0 amide bonds. The molecule has 0 radical (unpaired) electrons. The third-order valence-electron chi connectivity index (χ3n) is 4.78. The first-order valence-corrected chi connectivity index (χ1v) is 8.91. The fraction of sp³-hybridized carbons (Fsp3) is 1.00. The topological polar surface area (TPSA) is 21.3 Å². The van der Waals surface area contributed by atoms with Gasteiger partial charge in [-0.3, -0.25) is 0 Å². The molecule has 1 fully saturated rings. The Kier molecular flexibility index (Phi) is 8.13. The van der Waals surface area contributed by atoms with Crippen molar-refractivity contribution in [2.75, 3.05) is 13.2 Å². The first-order valence-electron chi connectivity index (χ1n) is 8.91. The smallest absolute Gasteiger partial charge is 0.0837 e. The average Bonchev–Trinajstić information content (AvgIpc) is 2.37. The monoisotopic (exact) mass is 283 g/mol. The summed E-state index contributed by atoms with van der Waals surface area (Å²) in [6.07, 6.45) is 9.09. The summed E-state index contributed by atoms with van der Waals surface area (Å²) in [6.45, 7) is 13.3. The van der Waals surface area contributed by atoms with Gasteiger partial charge in [0.15, 0.2) is 0 Å². The zero-order chi connectivity index (χ0) is 15.0. The third kappa shape index (κ3) is 5.37. The fourth-order valence-corrected chi connectivity index (χ4v) is 3.91. The molecule has 2 heteroatoms. The maximum Gasteiger partial charge on any atom is 0.0837 e. The summed E-state index contributed by atoms with van der Waals surface area (Å²) in [5, 5.41) is 3.75. The van der Waals surface area contributed by atoms with E-state index in [-0.39, 0.29) is 5.60 Å². The van der Waals surface area contributed by atoms with Gasteiger partial charge in [0.1, 0.15) is 0 Å². The lowest BCUT2D eigenvalue weighted by molar-refractivity contribution is -0.102. The van der Waals surface area contributed by atoms with Crippen LogP contribution in [0.4, 0.5) is 0 Å². The van der Waals surface area contributed by atoms with Crippen molar-refractivity contribution in [3.63, 3.8) is 0 Å². The molecule has 3 unspecified atom stereocenters. The number of rotatable bonds is 9. The van der Waals surface area contributed by atoms with E-state index in [1.165, 1.54) is 44.9 Å². The minimum atomic E-state index is 0.0966. The van der Waals surface area contributed by atoms with Crippen LogP contribution in [0.1, 0.15) is 79.6 Å². The Hall–Kier alpha value is -0.0800. The van der Waals surface area contributed by atoms with Crippen molar-refractivity contribution in [1.82, 2.24) is 5.32 Å². The number of ether oxygens (including phenoxy) is 1. The highest BCUT2D eigenvalue weighted by molar-refractivity contribution is 4.97. The number of nitrogens with one attached hydrogen (secondary N) is 1. The molecule has 0 aliphatic heterocycles. The first kappa shape index (κ1) is 18.0. The summed E-state index contributed by atoms with van der Waals surface area (Å²) in [4.78, 5) is 0. The zero-order valence-corrected chi connectivity index (χ0v) is 14.5. The molecular formula is C18H37NO. The van der Waals surface area contributed by atoms with Crippen LogP contribution in [0.15, 0.2) is 0 Å². The highest BCUT2D eigenvalue weighted by Gasteiger charge is 2.41. The number of hydrogen-bond donors (Lipinski definition) is 1. The van der Waals surface area contributed by atoms with E-state index in [9.17, 15) is 0 Å². The molecule has 3 atom stereocenters. The Balaban J connectivity index is 2.70. The molecule has 0 spiro atoms. The van der Waals surface area contributed by atoms with Crippen LogP contribution in [0.3, 0.4) is 0 Å². The predicted octanol–water partition coefficient (Wildman–Crippen LogP) is 4.78. The van der Waals surface area contributed by atoms with Gasteiger partial charge in [0.05, 0.1) is 5.60 Å². The molecule has 1 aliphatic carbocycles. The van der Waals surface area contributed by atoms with Crippen molar-refractivity contribution in [3.05, 3.63) is 0 Å². The lowest BCUT2D eigenvalue weighted by atomic mass is 9.73. The molecule has 0 saturated heterocycles. The van der Waals surface area contributed by atoms with Crippen LogP contribution in [0.5, 0.6) is 0 Å². The second-order valence-corrected chi connectivity index (χ2v) is 7.13. The van der Waals surface area contributed by atoms with E-state index in [4.69, 9.17) is 4.74 Å². The van der Waals surface area contributed by atoms with E-state index in [1.807, 2.05) is 0 Å². The normalized spacial score (nSPS) is 28.8. The van der Waals surface area contributed by atoms with E-state index < -0.39 is 0 Å². The molecule has 0 bridgehead atoms. The molecule has 0 aromatic rings. The fourth-order valence-electron chi connectivity index (χ4n) is 3.91. The molecule has 1 N–H and O–H groups in total. The predicted molar refractivity (Wildman–Crippen MR) is 88.1 cm³/mol. The molecule has 120 valence electrons. The largest absolute Gasteiger partial charge is 0.374 e. The van der Waals surface area contributed by atoms with E-state index in [1.54, 1.807) is 0 Å². The first-order chi connectivity index (χ1) is 9.54. The second kappa shape index (κ2) is 9.04. The average molecular weight is 284 g/mol. The molecular weight excluding hydrogens is 246 g/mol. The van der Waals surface area contributed by atoms with Gasteiger partial charge in [0.25, 0.3) is 0 Å². The number of likely N-dealkylation sites (N-methyl/N-ethyl adjacent to an activating group) is 1. The van der Waals surface area contributed by atoms with Gasteiger partial charge in [-0.1, -0.05) is 53.4 Å². The highest BCUT2D eigenvalue weighted by atomic mass is 16.5. The minimum Gasteiger partial charge on any atom is -0.374 e. The third-order valence-corrected chi connectivity index (χ3v) is 4.78. The minimum absolute atomic E-state index is 0.0966. The Morgan fingerprint density at radius 3 is 2.55 bits per heavy atom. The summed E-state index contributed by atoms with van der Waals surface area (Å²) in [5.41, 5.74) is 0.0966. The van der Waals surface area contributed by atoms with Crippen LogP contribution in [-0.4, -0.2) is 24.8 Å². The van der Waals surface area contributed by atoms with Crippen LogP contribution in [0, 0.1) is 11.8 Å². The lowest BCUT2D eigenvalue weighted by Gasteiger charge is -2.46. The lowest BCUT2D eigenvalue weighted by Crippen LogP contribution is -2.54. The van der Waals surface area contributed by atoms with Crippen LogP contribution in [0.2, 0.25) is 0 Å². The van der Waals surface area contributed by atoms with Gasteiger partial charge >= 0.3 is 0 Å². The molecule has 1 saturated carbocycles. The zero-order valence-electron chi connectivity index (χ0n) is 14.5. The standard InChI is InChI=1S/C18H37NO/c1-6-19-17(12-8-10-15(3)4)18(20-7-2)13-9-11-16(5)14-18/h15-17,19H,6-14H2,1-5H3. The van der Waals surface area contributed by atoms with E-state index >= 15 is 0 Å². The summed E-state index contributed by atoms with van der Waals surface area (Å²) in [5.74, 6) is 1.62. The van der Waals surface area contributed by atoms with E-state index in [0.717, 1.165) is 25.0 Å². The van der Waals surface area contributed by atoms with Crippen molar-refractivity contribution in [2.45, 2.75) is 91.2 Å². The highest BCUT2D eigenvalue weighted by Crippen LogP contribution is 2.39. The Morgan fingerprint density at radius 1 is 1.25 bits per heavy atom. The van der Waals surface area contributed by atoms with Crippen molar-refractivity contribution in [3.8, 4) is 0 Å². The van der Waals surface area contributed by atoms with Gasteiger partial charge in [-0.2, -0.15) is 0 Å². The van der Waals surface area contributed by atoms with E-state index in [2.05, 4.69) is 39.9 Å². The van der Waals surface area contributed by atoms with E-state index in [0.29, 0.717) is 6.04 Å². The summed E-state index contributed by atoms with van der Waals surface area (Å²) >= 11 is 0. The van der Waals surface area contributed by atoms with Crippen LogP contribution >= 0.6 is 0 Å². The van der Waals surface area contributed by atoms with Gasteiger partial charge in [0.2, 0.25) is 0 Å². The van der Waals surface area contributed by atoms with Gasteiger partial charge in [-0.05, 0) is 44.6 Å². The molecule has 0 heterocycles. The van der Waals surface area contributed by atoms with Crippen molar-refractivity contribution in [1.29, 1.82) is 0 Å². The summed E-state index contributed by atoms with van der Waals surface area (Å²) in [6, 6.07) is 0.536. The molecule has 20 heavy (non-hydrogen) atoms. The van der Waals surface area contributed by atoms with Gasteiger partial charge in [0, 0.05) is 12.6 Å². The molecule has 1 aliphatic rings. The Bertz CT molecular complexity index is 250. The van der Waals surface area contributed by atoms with Crippen LogP contribution < -0.4 is 5.32 Å². The van der Waals surface area contributed by atoms with Crippen molar-refractivity contribution < 1.29 is 4.74 Å². The van der Waals surface area contributed by atoms with Gasteiger partial charge in [-0.25, -0.2) is 0 Å². The van der Waals surface area contributed by atoms with Gasteiger partial charge in [-0.15, -0.1) is 0 Å². The van der Waals surface area contributed by atoms with Crippen molar-refractivity contribution in [2.24, 2.45) is 11.8 Å².